The van der Waals surface area contributed by atoms with Crippen LogP contribution in [0.4, 0.5) is 4.79 Å². The van der Waals surface area contributed by atoms with Crippen LogP contribution in [0.15, 0.2) is 4.99 Å². The Morgan fingerprint density at radius 1 is 1.86 bits per heavy atom. The van der Waals surface area contributed by atoms with E-state index in [4.69, 9.17) is 0 Å². The number of ether oxygens (including phenoxy) is 1. The number of hydrogen-bond donors (Lipinski definition) is 0. The molecule has 0 saturated heterocycles. The summed E-state index contributed by atoms with van der Waals surface area (Å²) in [4.78, 5) is 13.4. The van der Waals surface area contributed by atoms with Crippen LogP contribution in [0, 0.1) is 0 Å². The van der Waals surface area contributed by atoms with E-state index >= 15 is 0 Å². The summed E-state index contributed by atoms with van der Waals surface area (Å²) in [6, 6.07) is 0. The van der Waals surface area contributed by atoms with Gasteiger partial charge < -0.3 is 4.74 Å². The van der Waals surface area contributed by atoms with Crippen LogP contribution in [0.2, 0.25) is 0 Å². The minimum atomic E-state index is -0.466. The number of carbonyl (C=O) groups excluding carboxylic acids is 1. The van der Waals surface area contributed by atoms with Gasteiger partial charge in [0.25, 0.3) is 0 Å². The fourth-order valence-corrected chi connectivity index (χ4v) is 0.375. The van der Waals surface area contributed by atoms with Gasteiger partial charge in [0.1, 0.15) is 0 Å². The van der Waals surface area contributed by atoms with Gasteiger partial charge in [-0.3, -0.25) is 0 Å². The van der Waals surface area contributed by atoms with E-state index in [1.165, 1.54) is 0 Å². The number of hydrogen-bond acceptors (Lipinski definition) is 2. The molecule has 0 atom stereocenters. The minimum Gasteiger partial charge on any atom is -0.448 e. The molecule has 0 saturated carbocycles. The van der Waals surface area contributed by atoms with E-state index in [1.807, 2.05) is 0 Å². The summed E-state index contributed by atoms with van der Waals surface area (Å²) in [6.07, 6.45) is 1.85. The number of rotatable bonds is 0. The lowest BCUT2D eigenvalue weighted by Crippen LogP contribution is -2.06. The van der Waals surface area contributed by atoms with Crippen LogP contribution in [0.25, 0.3) is 0 Å². The van der Waals surface area contributed by atoms with Crippen LogP contribution in [0.1, 0.15) is 6.42 Å². The summed E-state index contributed by atoms with van der Waals surface area (Å²) in [6.45, 7) is 0.488. The molecule has 1 aliphatic rings. The third kappa shape index (κ3) is 0.994. The van der Waals surface area contributed by atoms with Crippen molar-refractivity contribution in [3.8, 4) is 0 Å². The molecule has 0 aromatic carbocycles. The van der Waals surface area contributed by atoms with Gasteiger partial charge in [-0.2, -0.15) is 4.99 Å². The van der Waals surface area contributed by atoms with Crippen molar-refractivity contribution in [2.45, 2.75) is 6.42 Å². The molecular formula is C4H5NO2. The Bertz CT molecular complexity index is 108. The molecule has 0 fully saturated rings. The van der Waals surface area contributed by atoms with Crippen molar-refractivity contribution < 1.29 is 9.53 Å². The van der Waals surface area contributed by atoms with Crippen LogP contribution < -0.4 is 0 Å². The molecule has 0 radical (unpaired) electrons. The second-order valence-electron chi connectivity index (χ2n) is 1.21. The van der Waals surface area contributed by atoms with E-state index in [0.29, 0.717) is 6.61 Å². The summed E-state index contributed by atoms with van der Waals surface area (Å²) >= 11 is 0. The maximum Gasteiger partial charge on any atom is 0.433 e. The van der Waals surface area contributed by atoms with Crippen molar-refractivity contribution >= 4 is 12.3 Å². The molecule has 1 rings (SSSR count). The van der Waals surface area contributed by atoms with Crippen molar-refractivity contribution in [3.63, 3.8) is 0 Å². The lowest BCUT2D eigenvalue weighted by Gasteiger charge is -2.00. The molecule has 0 unspecified atom stereocenters. The first-order valence-electron chi connectivity index (χ1n) is 2.09. The highest BCUT2D eigenvalue weighted by Crippen LogP contribution is 1.90. The summed E-state index contributed by atoms with van der Waals surface area (Å²) in [7, 11) is 0. The van der Waals surface area contributed by atoms with Gasteiger partial charge in [0, 0.05) is 12.6 Å². The van der Waals surface area contributed by atoms with E-state index in [-0.39, 0.29) is 0 Å². The Hall–Kier alpha value is -0.860. The fraction of sp³-hybridized carbons (Fsp3) is 0.500. The molecule has 7 heavy (non-hydrogen) atoms. The van der Waals surface area contributed by atoms with Crippen LogP contribution in [0.3, 0.4) is 0 Å². The van der Waals surface area contributed by atoms with E-state index in [0.717, 1.165) is 6.42 Å². The van der Waals surface area contributed by atoms with Crippen molar-refractivity contribution in [1.82, 2.24) is 0 Å². The lowest BCUT2D eigenvalue weighted by atomic mass is 10.5. The van der Waals surface area contributed by atoms with Crippen molar-refractivity contribution in [1.29, 1.82) is 0 Å². The molecule has 0 spiro atoms. The molecule has 1 heterocycles. The van der Waals surface area contributed by atoms with Gasteiger partial charge in [-0.15, -0.1) is 0 Å². The zero-order chi connectivity index (χ0) is 5.11. The molecule has 0 aromatic rings. The number of aliphatic imine (C=N–C) groups is 1. The molecule has 38 valence electrons. The molecule has 0 N–H and O–H groups in total. The van der Waals surface area contributed by atoms with Crippen LogP contribution in [-0.4, -0.2) is 18.9 Å². The standard InChI is InChI=1S/C4H5NO2/c6-4-5-2-1-3-7-4/h2H,1,3H2. The Kier molecular flexibility index (Phi) is 1.06. The number of nitrogens with zero attached hydrogens (tertiary/aromatic N) is 1. The highest BCUT2D eigenvalue weighted by molar-refractivity contribution is 5.81. The summed E-state index contributed by atoms with van der Waals surface area (Å²) in [5.74, 6) is 0. The molecule has 3 heteroatoms. The summed E-state index contributed by atoms with van der Waals surface area (Å²) in [5, 5.41) is 0. The molecule has 0 aromatic heterocycles. The van der Waals surface area contributed by atoms with E-state index in [2.05, 4.69) is 9.73 Å². The molecular weight excluding hydrogens is 94.0 g/mol. The van der Waals surface area contributed by atoms with Gasteiger partial charge in [0.05, 0.1) is 6.61 Å². The highest BCUT2D eigenvalue weighted by atomic mass is 16.5. The SMILES string of the molecule is O=C1N=CCCO1. The largest absolute Gasteiger partial charge is 0.448 e. The first kappa shape index (κ1) is 4.30. The highest BCUT2D eigenvalue weighted by Gasteiger charge is 2.00. The Balaban J connectivity index is 2.51. The van der Waals surface area contributed by atoms with Crippen molar-refractivity contribution in [2.24, 2.45) is 4.99 Å². The predicted molar refractivity (Wildman–Crippen MR) is 24.5 cm³/mol. The first-order chi connectivity index (χ1) is 3.39. The Morgan fingerprint density at radius 2 is 2.71 bits per heavy atom. The summed E-state index contributed by atoms with van der Waals surface area (Å²) < 4.78 is 4.44. The number of carbonyl (C=O) groups is 1. The minimum absolute atomic E-state index is 0.466. The van der Waals surface area contributed by atoms with Crippen molar-refractivity contribution in [2.75, 3.05) is 6.61 Å². The number of cyclic esters (lactones) is 1. The smallest absolute Gasteiger partial charge is 0.433 e. The van der Waals surface area contributed by atoms with Gasteiger partial charge in [0.2, 0.25) is 0 Å². The maximum atomic E-state index is 10.0. The van der Waals surface area contributed by atoms with E-state index in [9.17, 15) is 4.79 Å². The molecule has 3 nitrogen and oxygen atoms in total. The molecule has 1 amide bonds. The average molecular weight is 99.1 g/mol. The average Bonchev–Trinajstić information content (AvgIpc) is 1.69. The van der Waals surface area contributed by atoms with Crippen LogP contribution >= 0.6 is 0 Å². The first-order valence-corrected chi connectivity index (χ1v) is 2.09. The zero-order valence-electron chi connectivity index (χ0n) is 3.76. The third-order valence-electron chi connectivity index (χ3n) is 0.669. The third-order valence-corrected chi connectivity index (χ3v) is 0.669. The molecule has 0 aliphatic carbocycles. The summed E-state index contributed by atoms with van der Waals surface area (Å²) in [5.41, 5.74) is 0. The monoisotopic (exact) mass is 99.0 g/mol. The molecule has 0 bridgehead atoms. The van der Waals surface area contributed by atoms with Gasteiger partial charge in [-0.1, -0.05) is 0 Å². The topological polar surface area (TPSA) is 38.7 Å². The second-order valence-corrected chi connectivity index (χ2v) is 1.21. The van der Waals surface area contributed by atoms with E-state index < -0.39 is 6.09 Å². The van der Waals surface area contributed by atoms with Crippen LogP contribution in [-0.2, 0) is 4.74 Å². The molecule has 1 aliphatic heterocycles. The number of amides is 1. The van der Waals surface area contributed by atoms with Crippen molar-refractivity contribution in [3.05, 3.63) is 0 Å². The Labute approximate surface area is 41.0 Å². The maximum absolute atomic E-state index is 10.0. The predicted octanol–water partition coefficient (Wildman–Crippen LogP) is 0.598. The lowest BCUT2D eigenvalue weighted by molar-refractivity contribution is 0.157. The van der Waals surface area contributed by atoms with E-state index in [1.54, 1.807) is 6.21 Å². The zero-order valence-corrected chi connectivity index (χ0v) is 3.76. The van der Waals surface area contributed by atoms with Gasteiger partial charge in [-0.05, 0) is 0 Å². The van der Waals surface area contributed by atoms with Gasteiger partial charge >= 0.3 is 6.09 Å². The van der Waals surface area contributed by atoms with Gasteiger partial charge in [0.15, 0.2) is 0 Å². The van der Waals surface area contributed by atoms with Gasteiger partial charge in [-0.25, -0.2) is 4.79 Å². The Morgan fingerprint density at radius 3 is 3.00 bits per heavy atom. The fourth-order valence-electron chi connectivity index (χ4n) is 0.375. The van der Waals surface area contributed by atoms with Crippen LogP contribution in [0.5, 0.6) is 0 Å². The second kappa shape index (κ2) is 1.73. The normalized spacial score (nSPS) is 19.1. The quantitative estimate of drug-likeness (QED) is 0.446.